The number of hydrogen-bond donors (Lipinski definition) is 1. The summed E-state index contributed by atoms with van der Waals surface area (Å²) in [6, 6.07) is 9.99. The number of alkyl halides is 2. The highest BCUT2D eigenvalue weighted by Crippen LogP contribution is 2.29. The van der Waals surface area contributed by atoms with Gasteiger partial charge in [0.2, 0.25) is 0 Å². The first-order valence-electron chi connectivity index (χ1n) is 4.67. The molecule has 82 valence electrons. The fourth-order valence-corrected chi connectivity index (χ4v) is 2.08. The molecule has 2 nitrogen and oxygen atoms in total. The maximum atomic E-state index is 10.6. The highest BCUT2D eigenvalue weighted by atomic mass is 79.9. The molecule has 1 aromatic rings. The standard InChI is InChI=1S/C11H12Br2O2/c12-9(6-7-10(13)11(14)15)8-4-2-1-3-5-8/h1-5,9-10H,6-7H2,(H,14,15)/t9-,10+/m0/s1. The first-order chi connectivity index (χ1) is 7.11. The summed E-state index contributed by atoms with van der Waals surface area (Å²) >= 11 is 6.67. The van der Waals surface area contributed by atoms with Crippen molar-refractivity contribution in [3.05, 3.63) is 35.9 Å². The predicted octanol–water partition coefficient (Wildman–Crippen LogP) is 3.75. The number of halogens is 2. The third-order valence-corrected chi connectivity index (χ3v) is 3.94. The van der Waals surface area contributed by atoms with Gasteiger partial charge >= 0.3 is 5.97 Å². The van der Waals surface area contributed by atoms with E-state index in [0.717, 1.165) is 6.42 Å². The van der Waals surface area contributed by atoms with E-state index in [4.69, 9.17) is 5.11 Å². The van der Waals surface area contributed by atoms with Crippen molar-refractivity contribution in [3.8, 4) is 0 Å². The average Bonchev–Trinajstić information content (AvgIpc) is 2.26. The summed E-state index contributed by atoms with van der Waals surface area (Å²) in [4.78, 5) is 10.3. The number of aliphatic carboxylic acids is 1. The molecule has 0 aliphatic heterocycles. The summed E-state index contributed by atoms with van der Waals surface area (Å²) in [5.74, 6) is -0.803. The summed E-state index contributed by atoms with van der Waals surface area (Å²) in [5.41, 5.74) is 1.18. The molecule has 0 amide bonds. The Kier molecular flexibility index (Phi) is 5.32. The Morgan fingerprint density at radius 1 is 1.20 bits per heavy atom. The molecular formula is C11H12Br2O2. The molecule has 0 saturated heterocycles. The van der Waals surface area contributed by atoms with Gasteiger partial charge in [0.05, 0.1) is 0 Å². The van der Waals surface area contributed by atoms with Crippen molar-refractivity contribution in [3.63, 3.8) is 0 Å². The van der Waals surface area contributed by atoms with Crippen molar-refractivity contribution in [2.45, 2.75) is 22.5 Å². The number of benzene rings is 1. The quantitative estimate of drug-likeness (QED) is 0.832. The summed E-state index contributed by atoms with van der Waals surface area (Å²) in [6.07, 6.45) is 1.41. The molecule has 0 spiro atoms. The van der Waals surface area contributed by atoms with Crippen LogP contribution in [0.5, 0.6) is 0 Å². The Morgan fingerprint density at radius 2 is 1.80 bits per heavy atom. The zero-order chi connectivity index (χ0) is 11.3. The molecule has 0 bridgehead atoms. The minimum atomic E-state index is -0.803. The zero-order valence-corrected chi connectivity index (χ0v) is 11.2. The van der Waals surface area contributed by atoms with Crippen LogP contribution in [0, 0.1) is 0 Å². The van der Waals surface area contributed by atoms with E-state index in [1.54, 1.807) is 0 Å². The Morgan fingerprint density at radius 3 is 2.33 bits per heavy atom. The van der Waals surface area contributed by atoms with Crippen molar-refractivity contribution >= 4 is 37.8 Å². The molecule has 0 unspecified atom stereocenters. The highest BCUT2D eigenvalue weighted by Gasteiger charge is 2.15. The summed E-state index contributed by atoms with van der Waals surface area (Å²) in [7, 11) is 0. The van der Waals surface area contributed by atoms with Crippen molar-refractivity contribution in [1.82, 2.24) is 0 Å². The second kappa shape index (κ2) is 6.28. The number of carboxylic acids is 1. The molecule has 2 atom stereocenters. The first kappa shape index (κ1) is 12.7. The molecular weight excluding hydrogens is 324 g/mol. The monoisotopic (exact) mass is 334 g/mol. The SMILES string of the molecule is O=C(O)[C@H](Br)CC[C@H](Br)c1ccccc1. The van der Waals surface area contributed by atoms with Crippen LogP contribution in [0.3, 0.4) is 0 Å². The van der Waals surface area contributed by atoms with Crippen LogP contribution in [0.1, 0.15) is 23.2 Å². The smallest absolute Gasteiger partial charge is 0.317 e. The summed E-state index contributed by atoms with van der Waals surface area (Å²) < 4.78 is 0. The number of hydrogen-bond acceptors (Lipinski definition) is 1. The van der Waals surface area contributed by atoms with Gasteiger partial charge in [-0.1, -0.05) is 62.2 Å². The van der Waals surface area contributed by atoms with Crippen molar-refractivity contribution in [2.24, 2.45) is 0 Å². The van der Waals surface area contributed by atoms with E-state index in [-0.39, 0.29) is 4.83 Å². The van der Waals surface area contributed by atoms with Gasteiger partial charge in [0.25, 0.3) is 0 Å². The number of carbonyl (C=O) groups is 1. The summed E-state index contributed by atoms with van der Waals surface area (Å²) in [6.45, 7) is 0. The molecule has 0 heterocycles. The fourth-order valence-electron chi connectivity index (χ4n) is 1.24. The van der Waals surface area contributed by atoms with E-state index < -0.39 is 10.8 Å². The topological polar surface area (TPSA) is 37.3 Å². The average molecular weight is 336 g/mol. The normalized spacial score (nSPS) is 14.5. The molecule has 0 aromatic heterocycles. The fraction of sp³-hybridized carbons (Fsp3) is 0.364. The second-order valence-electron chi connectivity index (χ2n) is 3.26. The van der Waals surface area contributed by atoms with Crippen LogP contribution < -0.4 is 0 Å². The molecule has 1 rings (SSSR count). The minimum Gasteiger partial charge on any atom is -0.480 e. The molecule has 0 fully saturated rings. The molecule has 4 heteroatoms. The lowest BCUT2D eigenvalue weighted by molar-refractivity contribution is -0.136. The van der Waals surface area contributed by atoms with E-state index >= 15 is 0 Å². The first-order valence-corrected chi connectivity index (χ1v) is 6.50. The predicted molar refractivity (Wildman–Crippen MR) is 67.7 cm³/mol. The zero-order valence-electron chi connectivity index (χ0n) is 8.07. The number of rotatable bonds is 5. The lowest BCUT2D eigenvalue weighted by Crippen LogP contribution is -2.12. The highest BCUT2D eigenvalue weighted by molar-refractivity contribution is 9.10. The second-order valence-corrected chi connectivity index (χ2v) is 5.47. The Hall–Kier alpha value is -0.350. The summed E-state index contributed by atoms with van der Waals surface area (Å²) in [5, 5.41) is 8.70. The van der Waals surface area contributed by atoms with Crippen LogP contribution in [0.25, 0.3) is 0 Å². The Bertz CT molecular complexity index is 314. The van der Waals surface area contributed by atoms with E-state index in [2.05, 4.69) is 31.9 Å². The van der Waals surface area contributed by atoms with Gasteiger partial charge in [-0.3, -0.25) is 4.79 Å². The molecule has 15 heavy (non-hydrogen) atoms. The van der Waals surface area contributed by atoms with Crippen molar-refractivity contribution < 1.29 is 9.90 Å². The lowest BCUT2D eigenvalue weighted by Gasteiger charge is -2.11. The van der Waals surface area contributed by atoms with Gasteiger partial charge in [-0.25, -0.2) is 0 Å². The van der Waals surface area contributed by atoms with Gasteiger partial charge in [0.1, 0.15) is 4.83 Å². The molecule has 0 aliphatic rings. The maximum Gasteiger partial charge on any atom is 0.317 e. The number of carboxylic acid groups (broad SMARTS) is 1. The van der Waals surface area contributed by atoms with E-state index in [1.165, 1.54) is 5.56 Å². The van der Waals surface area contributed by atoms with Crippen LogP contribution >= 0.6 is 31.9 Å². The van der Waals surface area contributed by atoms with Gasteiger partial charge < -0.3 is 5.11 Å². The van der Waals surface area contributed by atoms with Crippen LogP contribution in [0.15, 0.2) is 30.3 Å². The van der Waals surface area contributed by atoms with Crippen LogP contribution in [-0.4, -0.2) is 15.9 Å². The largest absolute Gasteiger partial charge is 0.480 e. The molecule has 1 N–H and O–H groups in total. The van der Waals surface area contributed by atoms with Gasteiger partial charge in [-0.2, -0.15) is 0 Å². The Labute approximate surface area is 106 Å². The van der Waals surface area contributed by atoms with Gasteiger partial charge in [-0.05, 0) is 18.4 Å². The van der Waals surface area contributed by atoms with E-state index in [0.29, 0.717) is 6.42 Å². The molecule has 0 saturated carbocycles. The lowest BCUT2D eigenvalue weighted by atomic mass is 10.1. The molecule has 0 aliphatic carbocycles. The van der Waals surface area contributed by atoms with E-state index in [9.17, 15) is 4.79 Å². The van der Waals surface area contributed by atoms with Crippen LogP contribution in [0.2, 0.25) is 0 Å². The maximum absolute atomic E-state index is 10.6. The van der Waals surface area contributed by atoms with Gasteiger partial charge in [0, 0.05) is 4.83 Å². The van der Waals surface area contributed by atoms with Gasteiger partial charge in [0.15, 0.2) is 0 Å². The Balaban J connectivity index is 2.43. The van der Waals surface area contributed by atoms with Crippen LogP contribution in [0.4, 0.5) is 0 Å². The third kappa shape index (κ3) is 4.34. The third-order valence-electron chi connectivity index (χ3n) is 2.10. The van der Waals surface area contributed by atoms with E-state index in [1.807, 2.05) is 30.3 Å². The minimum absolute atomic E-state index is 0.220. The van der Waals surface area contributed by atoms with Crippen LogP contribution in [-0.2, 0) is 4.79 Å². The van der Waals surface area contributed by atoms with Crippen molar-refractivity contribution in [1.29, 1.82) is 0 Å². The van der Waals surface area contributed by atoms with Crippen molar-refractivity contribution in [2.75, 3.05) is 0 Å². The van der Waals surface area contributed by atoms with Gasteiger partial charge in [-0.15, -0.1) is 0 Å². The molecule has 0 radical (unpaired) electrons. The molecule has 1 aromatic carbocycles.